The van der Waals surface area contributed by atoms with Gasteiger partial charge in [-0.25, -0.2) is 4.79 Å². The Morgan fingerprint density at radius 3 is 2.61 bits per heavy atom. The molecule has 1 amide bonds. The molecule has 2 heterocycles. The third-order valence-electron chi connectivity index (χ3n) is 6.45. The molecule has 1 fully saturated rings. The molecule has 6 atom stereocenters. The van der Waals surface area contributed by atoms with Gasteiger partial charge in [0.25, 0.3) is 0 Å². The van der Waals surface area contributed by atoms with Crippen LogP contribution in [0.15, 0.2) is 36.0 Å². The van der Waals surface area contributed by atoms with Gasteiger partial charge in [-0.3, -0.25) is 9.59 Å². The minimum Gasteiger partial charge on any atom is -0.457 e. The number of nitrogens with zero attached hydrogens (tertiary/aromatic N) is 1. The fraction of sp³-hybridized carbons (Fsp3) is 0.667. The van der Waals surface area contributed by atoms with Crippen molar-refractivity contribution in [1.29, 1.82) is 0 Å². The molecule has 0 aromatic heterocycles. The summed E-state index contributed by atoms with van der Waals surface area (Å²) in [4.78, 5) is 37.6. The molecular formula is C27H41NO8. The first-order valence-corrected chi connectivity index (χ1v) is 12.6. The zero-order valence-corrected chi connectivity index (χ0v) is 22.0. The zero-order valence-electron chi connectivity index (χ0n) is 22.0. The lowest BCUT2D eigenvalue weighted by molar-refractivity contribution is -0.157. The number of esters is 2. The number of hydrogen-bond donors (Lipinski definition) is 2. The van der Waals surface area contributed by atoms with Crippen molar-refractivity contribution in [3.63, 3.8) is 0 Å². The molecule has 0 bridgehead atoms. The van der Waals surface area contributed by atoms with Gasteiger partial charge in [0.1, 0.15) is 17.8 Å². The molecule has 2 rings (SSSR count). The highest BCUT2D eigenvalue weighted by atomic mass is 16.6. The van der Waals surface area contributed by atoms with Crippen LogP contribution in [0.5, 0.6) is 0 Å². The van der Waals surface area contributed by atoms with E-state index in [4.69, 9.17) is 14.2 Å². The number of aliphatic hydroxyl groups is 2. The van der Waals surface area contributed by atoms with E-state index in [1.807, 2.05) is 39.0 Å². The molecule has 0 saturated carbocycles. The van der Waals surface area contributed by atoms with Gasteiger partial charge in [0, 0.05) is 31.8 Å². The van der Waals surface area contributed by atoms with Crippen LogP contribution >= 0.6 is 0 Å². The molecule has 202 valence electrons. The Morgan fingerprint density at radius 2 is 2.00 bits per heavy atom. The van der Waals surface area contributed by atoms with E-state index in [2.05, 4.69) is 0 Å². The quantitative estimate of drug-likeness (QED) is 0.243. The van der Waals surface area contributed by atoms with Crippen LogP contribution in [0, 0.1) is 11.8 Å². The van der Waals surface area contributed by atoms with Gasteiger partial charge >= 0.3 is 18.0 Å². The number of hydrogen-bond acceptors (Lipinski definition) is 8. The second kappa shape index (κ2) is 13.6. The average molecular weight is 508 g/mol. The lowest BCUT2D eigenvalue weighted by Gasteiger charge is -2.32. The number of carbonyl (C=O) groups excluding carboxylic acids is 3. The highest BCUT2D eigenvalue weighted by Gasteiger charge is 2.35. The van der Waals surface area contributed by atoms with Crippen molar-refractivity contribution in [1.82, 2.24) is 4.90 Å². The highest BCUT2D eigenvalue weighted by molar-refractivity contribution is 5.70. The van der Waals surface area contributed by atoms with Crippen LogP contribution in [0.2, 0.25) is 0 Å². The van der Waals surface area contributed by atoms with Gasteiger partial charge in [-0.15, -0.1) is 0 Å². The van der Waals surface area contributed by atoms with Crippen LogP contribution in [0.3, 0.4) is 0 Å². The third-order valence-corrected chi connectivity index (χ3v) is 6.45. The summed E-state index contributed by atoms with van der Waals surface area (Å²) in [6.45, 7) is 10.2. The van der Waals surface area contributed by atoms with Gasteiger partial charge in [-0.05, 0) is 44.8 Å². The number of ether oxygens (including phenoxy) is 3. The molecule has 0 aliphatic carbocycles. The van der Waals surface area contributed by atoms with Crippen molar-refractivity contribution >= 4 is 18.0 Å². The average Bonchev–Trinajstić information content (AvgIpc) is 2.75. The van der Waals surface area contributed by atoms with Gasteiger partial charge in [0.15, 0.2) is 0 Å². The van der Waals surface area contributed by atoms with Crippen LogP contribution in [-0.2, 0) is 23.8 Å². The van der Waals surface area contributed by atoms with Gasteiger partial charge in [-0.2, -0.15) is 0 Å². The molecule has 36 heavy (non-hydrogen) atoms. The molecule has 9 nitrogen and oxygen atoms in total. The summed E-state index contributed by atoms with van der Waals surface area (Å²) in [5.41, 5.74) is -0.645. The Labute approximate surface area is 213 Å². The SMILES string of the molecule is CC(=O)O[C@H]1/C=C\[C@H](C)[C@@H](/C(C)=C/C=C/[C@@H](C)COC(=O)N2CCC2)OC(=O)C[C@H](O)CC[C@@]1(C)O. The van der Waals surface area contributed by atoms with E-state index in [1.54, 1.807) is 24.0 Å². The molecule has 0 radical (unpaired) electrons. The summed E-state index contributed by atoms with van der Waals surface area (Å²) in [6, 6.07) is 0. The zero-order chi connectivity index (χ0) is 26.9. The Hall–Kier alpha value is -2.65. The second-order valence-electron chi connectivity index (χ2n) is 10.1. The summed E-state index contributed by atoms with van der Waals surface area (Å²) in [5, 5.41) is 21.2. The first-order chi connectivity index (χ1) is 16.9. The Kier molecular flexibility index (Phi) is 11.2. The molecule has 1 saturated heterocycles. The Balaban J connectivity index is 2.13. The van der Waals surface area contributed by atoms with Crippen LogP contribution in [0.25, 0.3) is 0 Å². The van der Waals surface area contributed by atoms with E-state index in [0.717, 1.165) is 25.1 Å². The van der Waals surface area contributed by atoms with E-state index in [0.29, 0.717) is 0 Å². The smallest absolute Gasteiger partial charge is 0.409 e. The van der Waals surface area contributed by atoms with Crippen LogP contribution in [0.1, 0.15) is 60.3 Å². The van der Waals surface area contributed by atoms with E-state index in [-0.39, 0.29) is 43.8 Å². The lowest BCUT2D eigenvalue weighted by atomic mass is 9.88. The lowest BCUT2D eigenvalue weighted by Crippen LogP contribution is -2.42. The topological polar surface area (TPSA) is 123 Å². The first kappa shape index (κ1) is 29.6. The molecule has 2 aliphatic rings. The summed E-state index contributed by atoms with van der Waals surface area (Å²) in [7, 11) is 0. The minimum atomic E-state index is -1.41. The van der Waals surface area contributed by atoms with Crippen molar-refractivity contribution in [3.8, 4) is 0 Å². The van der Waals surface area contributed by atoms with Gasteiger partial charge in [0.05, 0.1) is 19.1 Å². The molecule has 2 aliphatic heterocycles. The van der Waals surface area contributed by atoms with Crippen molar-refractivity contribution < 1.29 is 38.8 Å². The summed E-state index contributed by atoms with van der Waals surface area (Å²) in [6.07, 6.45) is 7.20. The van der Waals surface area contributed by atoms with Gasteiger partial charge < -0.3 is 29.3 Å². The maximum Gasteiger partial charge on any atom is 0.409 e. The summed E-state index contributed by atoms with van der Waals surface area (Å²) in [5.74, 6) is -1.37. The number of rotatable bonds is 6. The number of cyclic esters (lactones) is 1. The van der Waals surface area contributed by atoms with Crippen LogP contribution < -0.4 is 0 Å². The minimum absolute atomic E-state index is 0.00248. The number of aliphatic hydroxyl groups excluding tert-OH is 1. The third kappa shape index (κ3) is 9.43. The maximum atomic E-state index is 12.5. The number of carbonyl (C=O) groups is 3. The predicted molar refractivity (Wildman–Crippen MR) is 134 cm³/mol. The van der Waals surface area contributed by atoms with Crippen LogP contribution in [0.4, 0.5) is 4.79 Å². The van der Waals surface area contributed by atoms with Crippen molar-refractivity contribution in [3.05, 3.63) is 36.0 Å². The maximum absolute atomic E-state index is 12.5. The normalized spacial score (nSPS) is 31.9. The van der Waals surface area contributed by atoms with E-state index in [1.165, 1.54) is 6.92 Å². The molecule has 2 N–H and O–H groups in total. The fourth-order valence-electron chi connectivity index (χ4n) is 3.97. The number of amides is 1. The molecular weight excluding hydrogens is 466 g/mol. The van der Waals surface area contributed by atoms with E-state index >= 15 is 0 Å². The van der Waals surface area contributed by atoms with Gasteiger partial charge in [0.2, 0.25) is 0 Å². The Bertz CT molecular complexity index is 858. The molecule has 0 aromatic rings. The molecule has 0 aromatic carbocycles. The molecule has 0 unspecified atom stereocenters. The van der Waals surface area contributed by atoms with E-state index < -0.39 is 35.9 Å². The first-order valence-electron chi connectivity index (χ1n) is 12.6. The monoisotopic (exact) mass is 507 g/mol. The molecule has 0 spiro atoms. The van der Waals surface area contributed by atoms with E-state index in [9.17, 15) is 24.6 Å². The Morgan fingerprint density at radius 1 is 1.31 bits per heavy atom. The van der Waals surface area contributed by atoms with Crippen molar-refractivity contribution in [2.75, 3.05) is 19.7 Å². The number of likely N-dealkylation sites (tertiary alicyclic amines) is 1. The fourth-order valence-corrected chi connectivity index (χ4v) is 3.97. The summed E-state index contributed by atoms with van der Waals surface area (Å²) >= 11 is 0. The van der Waals surface area contributed by atoms with Crippen molar-refractivity contribution in [2.24, 2.45) is 11.8 Å². The molecule has 9 heteroatoms. The largest absolute Gasteiger partial charge is 0.457 e. The predicted octanol–water partition coefficient (Wildman–Crippen LogP) is 3.30. The second-order valence-corrected chi connectivity index (χ2v) is 10.1. The number of allylic oxidation sites excluding steroid dienone is 2. The van der Waals surface area contributed by atoms with Crippen LogP contribution in [-0.4, -0.2) is 76.8 Å². The van der Waals surface area contributed by atoms with Crippen molar-refractivity contribution in [2.45, 2.75) is 84.2 Å². The standard InChI is InChI=1S/C27H41NO8/c1-18(17-34-26(32)28-14-7-15-28)8-6-9-19(2)25-20(3)10-11-23(35-21(4)29)27(5,33)13-12-22(30)16-24(31)36-25/h6,8-11,18,20,22-23,25,30,33H,7,12-17H2,1-5H3/b8-6+,11-10-,19-9+/t18-,20+,22-,23+,25-,27-/m1/s1. The van der Waals surface area contributed by atoms with Gasteiger partial charge in [-0.1, -0.05) is 38.2 Å². The highest BCUT2D eigenvalue weighted by Crippen LogP contribution is 2.27. The summed E-state index contributed by atoms with van der Waals surface area (Å²) < 4.78 is 16.4.